The molecule has 4 rings (SSSR count). The molecule has 2 aliphatic rings. The second-order valence-corrected chi connectivity index (χ2v) is 7.53. The van der Waals surface area contributed by atoms with Crippen molar-refractivity contribution >= 4 is 17.6 Å². The third-order valence-electron chi connectivity index (χ3n) is 5.53. The molecule has 158 valence electrons. The van der Waals surface area contributed by atoms with Crippen LogP contribution < -0.4 is 14.4 Å². The van der Waals surface area contributed by atoms with Gasteiger partial charge in [0, 0.05) is 23.7 Å². The quantitative estimate of drug-likeness (QED) is 0.734. The molecule has 2 unspecified atom stereocenters. The second kappa shape index (κ2) is 8.36. The molecule has 0 saturated heterocycles. The lowest BCUT2D eigenvalue weighted by Gasteiger charge is -2.20. The fourth-order valence-corrected chi connectivity index (χ4v) is 3.98. The van der Waals surface area contributed by atoms with E-state index in [0.29, 0.717) is 41.3 Å². The van der Waals surface area contributed by atoms with Crippen molar-refractivity contribution < 1.29 is 28.9 Å². The number of carbonyl (C=O) groups is 2. The highest BCUT2D eigenvalue weighted by Crippen LogP contribution is 2.37. The summed E-state index contributed by atoms with van der Waals surface area (Å²) in [6, 6.07) is 10.4. The summed E-state index contributed by atoms with van der Waals surface area (Å²) in [5.74, 6) is 0.507. The largest absolute Gasteiger partial charge is 0.493 e. The Hall–Kier alpha value is -3.06. The Labute approximate surface area is 175 Å². The lowest BCUT2D eigenvalue weighted by atomic mass is 10.1. The van der Waals surface area contributed by atoms with Crippen LogP contribution in [0.4, 0.5) is 5.69 Å². The third-order valence-corrected chi connectivity index (χ3v) is 5.53. The summed E-state index contributed by atoms with van der Waals surface area (Å²) in [5, 5.41) is 9.76. The minimum Gasteiger partial charge on any atom is -0.493 e. The first-order valence-electron chi connectivity index (χ1n) is 10.1. The highest BCUT2D eigenvalue weighted by molar-refractivity contribution is 6.11. The number of nitrogens with zero attached hydrogens (tertiary/aromatic N) is 1. The van der Waals surface area contributed by atoms with E-state index in [9.17, 15) is 14.7 Å². The van der Waals surface area contributed by atoms with Crippen molar-refractivity contribution in [3.05, 3.63) is 53.1 Å². The lowest BCUT2D eigenvalue weighted by molar-refractivity contribution is 0.0526. The molecular weight excluding hydrogens is 386 g/mol. The number of amides is 1. The number of ether oxygens (including phenoxy) is 3. The highest BCUT2D eigenvalue weighted by Gasteiger charge is 2.31. The van der Waals surface area contributed by atoms with Gasteiger partial charge in [-0.25, -0.2) is 4.79 Å². The summed E-state index contributed by atoms with van der Waals surface area (Å²) >= 11 is 0. The maximum Gasteiger partial charge on any atom is 0.338 e. The Balaban J connectivity index is 1.58. The van der Waals surface area contributed by atoms with Crippen LogP contribution in [0.15, 0.2) is 36.4 Å². The van der Waals surface area contributed by atoms with Gasteiger partial charge < -0.3 is 24.2 Å². The van der Waals surface area contributed by atoms with E-state index in [-0.39, 0.29) is 24.7 Å². The third kappa shape index (κ3) is 3.85. The lowest BCUT2D eigenvalue weighted by Crippen LogP contribution is -2.23. The number of benzene rings is 2. The molecule has 1 amide bonds. The predicted molar refractivity (Wildman–Crippen MR) is 110 cm³/mol. The maximum atomic E-state index is 13.1. The average molecular weight is 411 g/mol. The number of hydrogen-bond donors (Lipinski definition) is 1. The Morgan fingerprint density at radius 2 is 2.00 bits per heavy atom. The molecule has 1 aliphatic heterocycles. The standard InChI is InChI=1S/C23H25NO6/c1-3-29-23(27)14-4-5-15-13-24(22(26)19(15)10-14)16-6-9-20(28-2)21(11-16)30-18-8-7-17(25)12-18/h4-6,9-11,17-18,25H,3,7-8,12-13H2,1-2H3. The summed E-state index contributed by atoms with van der Waals surface area (Å²) in [5.41, 5.74) is 2.40. The number of carbonyl (C=O) groups excluding carboxylic acids is 2. The van der Waals surface area contributed by atoms with Crippen molar-refractivity contribution in [3.8, 4) is 11.5 Å². The number of methoxy groups -OCH3 is 1. The first-order valence-corrected chi connectivity index (χ1v) is 10.1. The molecule has 1 N–H and O–H groups in total. The van der Waals surface area contributed by atoms with E-state index in [0.717, 1.165) is 18.4 Å². The summed E-state index contributed by atoms with van der Waals surface area (Å²) in [6.07, 6.45) is 1.66. The summed E-state index contributed by atoms with van der Waals surface area (Å²) in [6.45, 7) is 2.43. The Kier molecular flexibility index (Phi) is 5.63. The number of rotatable bonds is 6. The van der Waals surface area contributed by atoms with Crippen molar-refractivity contribution in [1.82, 2.24) is 0 Å². The van der Waals surface area contributed by atoms with Crippen molar-refractivity contribution in [3.63, 3.8) is 0 Å². The topological polar surface area (TPSA) is 85.3 Å². The van der Waals surface area contributed by atoms with Gasteiger partial charge in [0.05, 0.1) is 31.9 Å². The zero-order chi connectivity index (χ0) is 21.3. The van der Waals surface area contributed by atoms with Crippen molar-refractivity contribution in [2.75, 3.05) is 18.6 Å². The van der Waals surface area contributed by atoms with Gasteiger partial charge in [0.1, 0.15) is 6.10 Å². The number of anilines is 1. The molecular formula is C23H25NO6. The van der Waals surface area contributed by atoms with Gasteiger partial charge >= 0.3 is 5.97 Å². The fourth-order valence-electron chi connectivity index (χ4n) is 3.98. The molecule has 1 saturated carbocycles. The summed E-state index contributed by atoms with van der Waals surface area (Å²) < 4.78 is 16.5. The van der Waals surface area contributed by atoms with Crippen LogP contribution in [0.1, 0.15) is 52.5 Å². The number of esters is 1. The summed E-state index contributed by atoms with van der Waals surface area (Å²) in [4.78, 5) is 26.7. The van der Waals surface area contributed by atoms with Crippen LogP contribution in [0.3, 0.4) is 0 Å². The van der Waals surface area contributed by atoms with Gasteiger partial charge in [-0.05, 0) is 49.6 Å². The van der Waals surface area contributed by atoms with Crippen molar-refractivity contribution in [2.45, 2.75) is 44.9 Å². The number of aliphatic hydroxyl groups is 1. The van der Waals surface area contributed by atoms with Crippen molar-refractivity contribution in [1.29, 1.82) is 0 Å². The maximum absolute atomic E-state index is 13.1. The monoisotopic (exact) mass is 411 g/mol. The predicted octanol–water partition coefficient (Wildman–Crippen LogP) is 3.32. The Bertz CT molecular complexity index is 972. The molecule has 7 heteroatoms. The molecule has 0 aromatic heterocycles. The van der Waals surface area contributed by atoms with E-state index in [1.807, 2.05) is 6.07 Å². The van der Waals surface area contributed by atoms with E-state index in [1.54, 1.807) is 49.3 Å². The molecule has 2 aromatic carbocycles. The highest BCUT2D eigenvalue weighted by atomic mass is 16.5. The molecule has 0 radical (unpaired) electrons. The van der Waals surface area contributed by atoms with Crippen LogP contribution in [0, 0.1) is 0 Å². The minimum absolute atomic E-state index is 0.0808. The van der Waals surface area contributed by atoms with Gasteiger partial charge in [-0.1, -0.05) is 6.07 Å². The fraction of sp³-hybridized carbons (Fsp3) is 0.391. The van der Waals surface area contributed by atoms with Gasteiger partial charge in [-0.15, -0.1) is 0 Å². The van der Waals surface area contributed by atoms with Crippen molar-refractivity contribution in [2.24, 2.45) is 0 Å². The molecule has 30 heavy (non-hydrogen) atoms. The molecule has 1 heterocycles. The molecule has 0 bridgehead atoms. The van der Waals surface area contributed by atoms with E-state index >= 15 is 0 Å². The van der Waals surface area contributed by atoms with Crippen LogP contribution in [0.5, 0.6) is 11.5 Å². The van der Waals surface area contributed by atoms with Crippen LogP contribution in [-0.2, 0) is 11.3 Å². The molecule has 1 aliphatic carbocycles. The minimum atomic E-state index is -0.439. The number of aliphatic hydroxyl groups excluding tert-OH is 1. The smallest absolute Gasteiger partial charge is 0.338 e. The van der Waals surface area contributed by atoms with Crippen LogP contribution >= 0.6 is 0 Å². The van der Waals surface area contributed by atoms with Gasteiger partial charge in [0.25, 0.3) is 5.91 Å². The van der Waals surface area contributed by atoms with E-state index < -0.39 is 5.97 Å². The summed E-state index contributed by atoms with van der Waals surface area (Å²) in [7, 11) is 1.57. The van der Waals surface area contributed by atoms with Crippen LogP contribution in [-0.4, -0.2) is 42.9 Å². The SMILES string of the molecule is CCOC(=O)c1ccc2c(c1)C(=O)N(c1ccc(OC)c(OC3CCC(O)C3)c1)C2. The number of fused-ring (bicyclic) bond motifs is 1. The van der Waals surface area contributed by atoms with Gasteiger partial charge in [0.15, 0.2) is 11.5 Å². The molecule has 2 atom stereocenters. The van der Waals surface area contributed by atoms with Crippen LogP contribution in [0.2, 0.25) is 0 Å². The van der Waals surface area contributed by atoms with Gasteiger partial charge in [-0.2, -0.15) is 0 Å². The van der Waals surface area contributed by atoms with E-state index in [4.69, 9.17) is 14.2 Å². The first kappa shape index (κ1) is 20.2. The van der Waals surface area contributed by atoms with E-state index in [2.05, 4.69) is 0 Å². The number of hydrogen-bond acceptors (Lipinski definition) is 6. The van der Waals surface area contributed by atoms with Gasteiger partial charge in [-0.3, -0.25) is 4.79 Å². The molecule has 7 nitrogen and oxygen atoms in total. The normalized spacial score (nSPS) is 20.2. The molecule has 2 aromatic rings. The Morgan fingerprint density at radius 1 is 1.17 bits per heavy atom. The van der Waals surface area contributed by atoms with E-state index in [1.165, 1.54) is 0 Å². The molecule has 0 spiro atoms. The molecule has 1 fully saturated rings. The average Bonchev–Trinajstić information content (AvgIpc) is 3.30. The zero-order valence-corrected chi connectivity index (χ0v) is 17.1. The zero-order valence-electron chi connectivity index (χ0n) is 17.1. The Morgan fingerprint density at radius 3 is 2.70 bits per heavy atom. The van der Waals surface area contributed by atoms with Gasteiger partial charge in [0.2, 0.25) is 0 Å². The van der Waals surface area contributed by atoms with Crippen LogP contribution in [0.25, 0.3) is 0 Å². The second-order valence-electron chi connectivity index (χ2n) is 7.53. The first-order chi connectivity index (χ1) is 14.5.